The molecule has 0 saturated carbocycles. The highest BCUT2D eigenvalue weighted by molar-refractivity contribution is 9.10. The van der Waals surface area contributed by atoms with E-state index in [1.54, 1.807) is 23.2 Å². The van der Waals surface area contributed by atoms with Crippen molar-refractivity contribution in [2.24, 2.45) is 5.10 Å². The van der Waals surface area contributed by atoms with Gasteiger partial charge in [0.25, 0.3) is 5.91 Å². The van der Waals surface area contributed by atoms with Gasteiger partial charge in [0.15, 0.2) is 5.69 Å². The summed E-state index contributed by atoms with van der Waals surface area (Å²) in [5.74, 6) is 0.173. The second-order valence-electron chi connectivity index (χ2n) is 7.44. The summed E-state index contributed by atoms with van der Waals surface area (Å²) >= 11 is 3.46. The quantitative estimate of drug-likeness (QED) is 0.363. The number of nitrogens with zero attached hydrogens (tertiary/aromatic N) is 3. The fraction of sp³-hybridized carbons (Fsp3) is 0.208. The first kappa shape index (κ1) is 21.7. The lowest BCUT2D eigenvalue weighted by molar-refractivity contribution is 0.0949. The summed E-state index contributed by atoms with van der Waals surface area (Å²) in [6.07, 6.45) is 5.44. The second kappa shape index (κ2) is 10.2. The smallest absolute Gasteiger partial charge is 0.268 e. The van der Waals surface area contributed by atoms with Crippen LogP contribution in [0.4, 0.5) is 0 Å². The van der Waals surface area contributed by atoms with Crippen LogP contribution in [0.5, 0.6) is 0 Å². The summed E-state index contributed by atoms with van der Waals surface area (Å²) in [6, 6.07) is 18.1. The van der Waals surface area contributed by atoms with Crippen LogP contribution in [0.25, 0.3) is 6.08 Å². The molecule has 30 heavy (non-hydrogen) atoms. The van der Waals surface area contributed by atoms with Crippen molar-refractivity contribution in [3.63, 3.8) is 0 Å². The number of rotatable bonds is 7. The van der Waals surface area contributed by atoms with Crippen LogP contribution in [0.1, 0.15) is 53.9 Å². The molecule has 1 heterocycles. The van der Waals surface area contributed by atoms with E-state index in [-0.39, 0.29) is 5.91 Å². The normalized spacial score (nSPS) is 12.0. The van der Waals surface area contributed by atoms with Gasteiger partial charge in [-0.15, -0.1) is 0 Å². The molecule has 0 fully saturated rings. The summed E-state index contributed by atoms with van der Waals surface area (Å²) in [5.41, 5.74) is 7.30. The van der Waals surface area contributed by atoms with Gasteiger partial charge in [0.05, 0.1) is 12.8 Å². The number of aromatic nitrogens is 2. The number of carbonyl (C=O) groups excluding carboxylic acids is 1. The molecule has 0 radical (unpaired) electrons. The minimum Gasteiger partial charge on any atom is -0.268 e. The van der Waals surface area contributed by atoms with E-state index in [0.29, 0.717) is 18.2 Å². The van der Waals surface area contributed by atoms with Gasteiger partial charge in [-0.05, 0) is 53.3 Å². The number of halogens is 1. The molecule has 0 aliphatic rings. The molecule has 6 heteroatoms. The fourth-order valence-electron chi connectivity index (χ4n) is 2.92. The molecule has 0 atom stereocenters. The third-order valence-corrected chi connectivity index (χ3v) is 5.03. The van der Waals surface area contributed by atoms with E-state index in [1.807, 2.05) is 37.3 Å². The van der Waals surface area contributed by atoms with Gasteiger partial charge in [-0.3, -0.25) is 9.48 Å². The second-order valence-corrected chi connectivity index (χ2v) is 8.35. The number of allylic oxidation sites excluding steroid dienone is 1. The summed E-state index contributed by atoms with van der Waals surface area (Å²) in [7, 11) is 0. The van der Waals surface area contributed by atoms with Crippen LogP contribution >= 0.6 is 15.9 Å². The standard InChI is InChI=1S/C24H25BrN4O/c1-17(2)21-9-7-19(8-10-21)13-18(3)15-26-27-24(30)23-11-12-29(28-23)16-20-5-4-6-22(25)14-20/h4-15,17H,16H2,1-3H3,(H,27,30). The fourth-order valence-corrected chi connectivity index (χ4v) is 3.37. The lowest BCUT2D eigenvalue weighted by atomic mass is 10.0. The van der Waals surface area contributed by atoms with E-state index in [1.165, 1.54) is 5.56 Å². The lowest BCUT2D eigenvalue weighted by Crippen LogP contribution is -2.18. The Hall–Kier alpha value is -2.99. The van der Waals surface area contributed by atoms with Crippen LogP contribution in [-0.4, -0.2) is 21.9 Å². The SMILES string of the molecule is CC(C=NNC(=O)c1ccn(Cc2cccc(Br)c2)n1)=Cc1ccc(C(C)C)cc1. The van der Waals surface area contributed by atoms with E-state index in [2.05, 4.69) is 69.7 Å². The largest absolute Gasteiger partial charge is 0.291 e. The van der Waals surface area contributed by atoms with E-state index < -0.39 is 0 Å². The number of amides is 1. The van der Waals surface area contributed by atoms with Gasteiger partial charge >= 0.3 is 0 Å². The van der Waals surface area contributed by atoms with Crippen molar-refractivity contribution in [1.82, 2.24) is 15.2 Å². The van der Waals surface area contributed by atoms with Crippen molar-refractivity contribution in [3.05, 3.63) is 93.2 Å². The van der Waals surface area contributed by atoms with Crippen LogP contribution in [0.15, 0.2) is 75.9 Å². The van der Waals surface area contributed by atoms with Crippen molar-refractivity contribution in [2.45, 2.75) is 33.2 Å². The Bertz CT molecular complexity index is 1060. The first-order chi connectivity index (χ1) is 14.4. The summed E-state index contributed by atoms with van der Waals surface area (Å²) in [6.45, 7) is 6.89. The molecule has 5 nitrogen and oxygen atoms in total. The minimum absolute atomic E-state index is 0.327. The monoisotopic (exact) mass is 464 g/mol. The molecule has 1 N–H and O–H groups in total. The summed E-state index contributed by atoms with van der Waals surface area (Å²) in [4.78, 5) is 12.3. The van der Waals surface area contributed by atoms with Crippen molar-refractivity contribution >= 4 is 34.1 Å². The van der Waals surface area contributed by atoms with Crippen molar-refractivity contribution in [3.8, 4) is 0 Å². The van der Waals surface area contributed by atoms with E-state index >= 15 is 0 Å². The topological polar surface area (TPSA) is 59.3 Å². The molecule has 0 aliphatic carbocycles. The van der Waals surface area contributed by atoms with Crippen LogP contribution in [-0.2, 0) is 6.54 Å². The molecule has 3 aromatic rings. The Labute approximate surface area is 185 Å². The molecule has 0 aliphatic heterocycles. The van der Waals surface area contributed by atoms with Gasteiger partial charge in [-0.2, -0.15) is 10.2 Å². The Morgan fingerprint density at radius 2 is 1.97 bits per heavy atom. The molecular formula is C24H25BrN4O. The predicted molar refractivity (Wildman–Crippen MR) is 126 cm³/mol. The lowest BCUT2D eigenvalue weighted by Gasteiger charge is -2.05. The zero-order chi connectivity index (χ0) is 21.5. The van der Waals surface area contributed by atoms with Gasteiger partial charge in [0.1, 0.15) is 0 Å². The minimum atomic E-state index is -0.340. The number of hydrazone groups is 1. The molecule has 0 unspecified atom stereocenters. The van der Waals surface area contributed by atoms with Crippen LogP contribution in [0, 0.1) is 0 Å². The Morgan fingerprint density at radius 1 is 1.20 bits per heavy atom. The van der Waals surface area contributed by atoms with Crippen molar-refractivity contribution < 1.29 is 4.79 Å². The molecule has 1 amide bonds. The van der Waals surface area contributed by atoms with Gasteiger partial charge in [0.2, 0.25) is 0 Å². The maximum Gasteiger partial charge on any atom is 0.291 e. The molecular weight excluding hydrogens is 440 g/mol. The number of benzene rings is 2. The highest BCUT2D eigenvalue weighted by Gasteiger charge is 2.08. The summed E-state index contributed by atoms with van der Waals surface area (Å²) < 4.78 is 2.74. The molecule has 0 saturated heterocycles. The predicted octanol–water partition coefficient (Wildman–Crippen LogP) is 5.64. The highest BCUT2D eigenvalue weighted by Crippen LogP contribution is 2.16. The van der Waals surface area contributed by atoms with Crippen LogP contribution in [0.3, 0.4) is 0 Å². The van der Waals surface area contributed by atoms with Crippen LogP contribution in [0.2, 0.25) is 0 Å². The van der Waals surface area contributed by atoms with Gasteiger partial charge < -0.3 is 0 Å². The first-order valence-corrected chi connectivity index (χ1v) is 10.6. The van der Waals surface area contributed by atoms with E-state index in [9.17, 15) is 4.79 Å². The van der Waals surface area contributed by atoms with Gasteiger partial charge in [0, 0.05) is 10.7 Å². The van der Waals surface area contributed by atoms with Gasteiger partial charge in [-0.1, -0.05) is 72.3 Å². The molecule has 1 aromatic heterocycles. The number of carbonyl (C=O) groups is 1. The van der Waals surface area contributed by atoms with Crippen molar-refractivity contribution in [1.29, 1.82) is 0 Å². The average molecular weight is 465 g/mol. The molecule has 0 spiro atoms. The zero-order valence-electron chi connectivity index (χ0n) is 17.3. The van der Waals surface area contributed by atoms with Crippen molar-refractivity contribution in [2.75, 3.05) is 0 Å². The van der Waals surface area contributed by atoms with Crippen LogP contribution < -0.4 is 5.43 Å². The molecule has 154 valence electrons. The maximum atomic E-state index is 12.3. The molecule has 3 rings (SSSR count). The Morgan fingerprint density at radius 3 is 2.67 bits per heavy atom. The molecule has 0 bridgehead atoms. The van der Waals surface area contributed by atoms with Gasteiger partial charge in [-0.25, -0.2) is 5.43 Å². The van der Waals surface area contributed by atoms with E-state index in [0.717, 1.165) is 21.2 Å². The average Bonchev–Trinajstić information content (AvgIpc) is 3.17. The third kappa shape index (κ3) is 6.26. The van der Waals surface area contributed by atoms with E-state index in [4.69, 9.17) is 0 Å². The Balaban J connectivity index is 1.55. The number of nitrogens with one attached hydrogen (secondary N) is 1. The molecule has 2 aromatic carbocycles. The first-order valence-electron chi connectivity index (χ1n) is 9.80. The highest BCUT2D eigenvalue weighted by atomic mass is 79.9. The zero-order valence-corrected chi connectivity index (χ0v) is 18.9. The summed E-state index contributed by atoms with van der Waals surface area (Å²) in [5, 5.41) is 8.37. The Kier molecular flexibility index (Phi) is 7.36. The third-order valence-electron chi connectivity index (χ3n) is 4.54. The number of hydrogen-bond acceptors (Lipinski definition) is 3. The number of hydrogen-bond donors (Lipinski definition) is 1. The maximum absolute atomic E-state index is 12.3.